The van der Waals surface area contributed by atoms with Crippen LogP contribution in [0.25, 0.3) is 21.9 Å². The molecular formula is C22H22N2O3. The Hall–Kier alpha value is -3.08. The molecule has 1 aliphatic rings. The van der Waals surface area contributed by atoms with E-state index in [-0.39, 0.29) is 17.4 Å². The van der Waals surface area contributed by atoms with Crippen molar-refractivity contribution in [1.82, 2.24) is 9.47 Å². The van der Waals surface area contributed by atoms with E-state index in [0.29, 0.717) is 13.0 Å². The highest BCUT2D eigenvalue weighted by molar-refractivity contribution is 5.88. The molecule has 1 amide bonds. The first-order valence-corrected chi connectivity index (χ1v) is 9.07. The molecule has 0 spiro atoms. The summed E-state index contributed by atoms with van der Waals surface area (Å²) in [6, 6.07) is 15.7. The van der Waals surface area contributed by atoms with E-state index in [4.69, 9.17) is 4.74 Å². The Bertz CT molecular complexity index is 1070. The number of benzene rings is 2. The number of ether oxygens (including phenoxy) is 1. The standard InChI is InChI=1S/C22H22N2O3/c1-23-12-15(9-22(23)26)14-27-20-7-5-16-3-4-17(10-19(16)11-20)18-6-8-21(25)24(2)13-18/h3-8,10-11,13,15H,9,12,14H2,1-2H3. The van der Waals surface area contributed by atoms with E-state index >= 15 is 0 Å². The van der Waals surface area contributed by atoms with Crippen LogP contribution in [0, 0.1) is 5.92 Å². The molecule has 3 aromatic rings. The summed E-state index contributed by atoms with van der Waals surface area (Å²) in [5, 5.41) is 2.21. The number of pyridine rings is 1. The Morgan fingerprint density at radius 3 is 2.48 bits per heavy atom. The first kappa shape index (κ1) is 17.3. The second-order valence-electron chi connectivity index (χ2n) is 7.25. The average Bonchev–Trinajstić information content (AvgIpc) is 2.99. The van der Waals surface area contributed by atoms with Gasteiger partial charge in [0.1, 0.15) is 5.75 Å². The fourth-order valence-corrected chi connectivity index (χ4v) is 3.54. The molecule has 138 valence electrons. The molecule has 1 aromatic heterocycles. The summed E-state index contributed by atoms with van der Waals surface area (Å²) in [5.41, 5.74) is 2.03. The molecule has 5 nitrogen and oxygen atoms in total. The SMILES string of the molecule is CN1CC(COc2ccc3ccc(-c4ccc(=O)n(C)c4)cc3c2)CC1=O. The number of nitrogens with zero attached hydrogens (tertiary/aromatic N) is 2. The number of rotatable bonds is 4. The van der Waals surface area contributed by atoms with Crippen LogP contribution >= 0.6 is 0 Å². The van der Waals surface area contributed by atoms with E-state index in [2.05, 4.69) is 18.2 Å². The molecule has 0 aliphatic carbocycles. The quantitative estimate of drug-likeness (QED) is 0.717. The van der Waals surface area contributed by atoms with Crippen LogP contribution in [0.3, 0.4) is 0 Å². The fraction of sp³-hybridized carbons (Fsp3) is 0.273. The van der Waals surface area contributed by atoms with Crippen LogP contribution in [0.1, 0.15) is 6.42 Å². The molecule has 1 fully saturated rings. The van der Waals surface area contributed by atoms with E-state index in [9.17, 15) is 9.59 Å². The monoisotopic (exact) mass is 362 g/mol. The van der Waals surface area contributed by atoms with Gasteiger partial charge in [0.05, 0.1) is 6.61 Å². The minimum absolute atomic E-state index is 0.0220. The molecule has 1 saturated heterocycles. The second-order valence-corrected chi connectivity index (χ2v) is 7.25. The van der Waals surface area contributed by atoms with Gasteiger partial charge in [-0.25, -0.2) is 0 Å². The summed E-state index contributed by atoms with van der Waals surface area (Å²) in [6.45, 7) is 1.30. The molecular weight excluding hydrogens is 340 g/mol. The lowest BCUT2D eigenvalue weighted by Crippen LogP contribution is -2.20. The molecule has 0 radical (unpaired) electrons. The number of carbonyl (C=O) groups excluding carboxylic acids is 1. The maximum atomic E-state index is 11.6. The van der Waals surface area contributed by atoms with E-state index in [1.54, 1.807) is 22.6 Å². The first-order valence-electron chi connectivity index (χ1n) is 9.07. The van der Waals surface area contributed by atoms with Crippen molar-refractivity contribution in [2.75, 3.05) is 20.2 Å². The summed E-state index contributed by atoms with van der Waals surface area (Å²) in [6.07, 6.45) is 2.40. The van der Waals surface area contributed by atoms with Crippen LogP contribution in [0.4, 0.5) is 0 Å². The molecule has 2 aromatic carbocycles. The van der Waals surface area contributed by atoms with Crippen molar-refractivity contribution >= 4 is 16.7 Å². The Morgan fingerprint density at radius 1 is 0.963 bits per heavy atom. The molecule has 5 heteroatoms. The van der Waals surface area contributed by atoms with Crippen LogP contribution < -0.4 is 10.3 Å². The van der Waals surface area contributed by atoms with E-state index < -0.39 is 0 Å². The van der Waals surface area contributed by atoms with Gasteiger partial charge in [-0.15, -0.1) is 0 Å². The Balaban J connectivity index is 1.56. The molecule has 1 atom stereocenters. The van der Waals surface area contributed by atoms with Crippen molar-refractivity contribution in [3.63, 3.8) is 0 Å². The predicted molar refractivity (Wildman–Crippen MR) is 106 cm³/mol. The van der Waals surface area contributed by atoms with Crippen LogP contribution in [0.5, 0.6) is 5.75 Å². The molecule has 0 saturated carbocycles. The number of fused-ring (bicyclic) bond motifs is 1. The number of hydrogen-bond donors (Lipinski definition) is 0. The van der Waals surface area contributed by atoms with E-state index in [0.717, 1.165) is 34.2 Å². The number of amides is 1. The van der Waals surface area contributed by atoms with Crippen molar-refractivity contribution in [1.29, 1.82) is 0 Å². The van der Waals surface area contributed by atoms with E-state index in [1.807, 2.05) is 37.5 Å². The average molecular weight is 362 g/mol. The van der Waals surface area contributed by atoms with Gasteiger partial charge >= 0.3 is 0 Å². The third-order valence-electron chi connectivity index (χ3n) is 5.14. The van der Waals surface area contributed by atoms with Gasteiger partial charge in [-0.1, -0.05) is 18.2 Å². The van der Waals surface area contributed by atoms with Gasteiger partial charge in [-0.3, -0.25) is 9.59 Å². The van der Waals surface area contributed by atoms with Crippen molar-refractivity contribution in [2.45, 2.75) is 6.42 Å². The lowest BCUT2D eigenvalue weighted by molar-refractivity contribution is -0.126. The summed E-state index contributed by atoms with van der Waals surface area (Å²) in [4.78, 5) is 25.0. The van der Waals surface area contributed by atoms with E-state index in [1.165, 1.54) is 0 Å². The molecule has 2 heterocycles. The van der Waals surface area contributed by atoms with Gasteiger partial charge in [0, 0.05) is 45.2 Å². The summed E-state index contributed by atoms with van der Waals surface area (Å²) < 4.78 is 7.53. The second kappa shape index (κ2) is 6.91. The van der Waals surface area contributed by atoms with Gasteiger partial charge in [-0.2, -0.15) is 0 Å². The minimum atomic E-state index is -0.0220. The highest BCUT2D eigenvalue weighted by atomic mass is 16.5. The number of carbonyl (C=O) groups is 1. The van der Waals surface area contributed by atoms with Crippen molar-refractivity contribution in [2.24, 2.45) is 13.0 Å². The number of aromatic nitrogens is 1. The van der Waals surface area contributed by atoms with Crippen LogP contribution in [0.2, 0.25) is 0 Å². The Morgan fingerprint density at radius 2 is 1.74 bits per heavy atom. The highest BCUT2D eigenvalue weighted by Gasteiger charge is 2.27. The zero-order valence-electron chi connectivity index (χ0n) is 15.5. The summed E-state index contributed by atoms with van der Waals surface area (Å²) >= 11 is 0. The molecule has 1 unspecified atom stereocenters. The molecule has 0 bridgehead atoms. The van der Waals surface area contributed by atoms with Crippen molar-refractivity contribution in [3.05, 3.63) is 65.1 Å². The van der Waals surface area contributed by atoms with Crippen LogP contribution in [0.15, 0.2) is 59.5 Å². The normalized spacial score (nSPS) is 16.9. The van der Waals surface area contributed by atoms with Crippen molar-refractivity contribution < 1.29 is 9.53 Å². The topological polar surface area (TPSA) is 51.5 Å². The smallest absolute Gasteiger partial charge is 0.250 e. The number of hydrogen-bond acceptors (Lipinski definition) is 3. The largest absolute Gasteiger partial charge is 0.493 e. The molecule has 1 aliphatic heterocycles. The zero-order valence-corrected chi connectivity index (χ0v) is 15.5. The van der Waals surface area contributed by atoms with Gasteiger partial charge in [0.15, 0.2) is 0 Å². The molecule has 4 rings (SSSR count). The van der Waals surface area contributed by atoms with Gasteiger partial charge in [0.2, 0.25) is 11.5 Å². The molecule has 27 heavy (non-hydrogen) atoms. The first-order chi connectivity index (χ1) is 13.0. The highest BCUT2D eigenvalue weighted by Crippen LogP contribution is 2.27. The lowest BCUT2D eigenvalue weighted by Gasteiger charge is -2.13. The Kier molecular flexibility index (Phi) is 4.44. The third kappa shape index (κ3) is 3.58. The summed E-state index contributed by atoms with van der Waals surface area (Å²) in [7, 11) is 3.59. The maximum Gasteiger partial charge on any atom is 0.250 e. The summed E-state index contributed by atoms with van der Waals surface area (Å²) in [5.74, 6) is 1.24. The maximum absolute atomic E-state index is 11.6. The van der Waals surface area contributed by atoms with Crippen LogP contribution in [-0.4, -0.2) is 35.6 Å². The van der Waals surface area contributed by atoms with Crippen molar-refractivity contribution in [3.8, 4) is 16.9 Å². The number of likely N-dealkylation sites (tertiary alicyclic amines) is 1. The Labute approximate surface area is 157 Å². The zero-order chi connectivity index (χ0) is 19.0. The third-order valence-corrected chi connectivity index (χ3v) is 5.14. The minimum Gasteiger partial charge on any atom is -0.493 e. The number of aryl methyl sites for hydroxylation is 1. The van der Waals surface area contributed by atoms with Gasteiger partial charge in [-0.05, 0) is 46.2 Å². The van der Waals surface area contributed by atoms with Gasteiger partial charge in [0.25, 0.3) is 0 Å². The van der Waals surface area contributed by atoms with Crippen LogP contribution in [-0.2, 0) is 11.8 Å². The molecule has 0 N–H and O–H groups in total. The van der Waals surface area contributed by atoms with Gasteiger partial charge < -0.3 is 14.2 Å². The predicted octanol–water partition coefficient (Wildman–Crippen LogP) is 3.06. The fourth-order valence-electron chi connectivity index (χ4n) is 3.54. The lowest BCUT2D eigenvalue weighted by atomic mass is 10.0.